The number of carbonyl (C=O) groups is 2. The first-order chi connectivity index (χ1) is 7.65. The number of aliphatic carboxylic acids is 1. The zero-order valence-corrected chi connectivity index (χ0v) is 9.27. The summed E-state index contributed by atoms with van der Waals surface area (Å²) in [4.78, 5) is 22.4. The van der Waals surface area contributed by atoms with E-state index < -0.39 is 24.0 Å². The van der Waals surface area contributed by atoms with Crippen molar-refractivity contribution >= 4 is 11.9 Å². The van der Waals surface area contributed by atoms with E-state index >= 15 is 0 Å². The van der Waals surface area contributed by atoms with Crippen molar-refractivity contribution in [3.05, 3.63) is 0 Å². The van der Waals surface area contributed by atoms with E-state index in [1.165, 1.54) is 0 Å². The first-order valence-corrected chi connectivity index (χ1v) is 5.37. The molecule has 6 heteroatoms. The van der Waals surface area contributed by atoms with E-state index in [-0.39, 0.29) is 6.61 Å². The van der Waals surface area contributed by atoms with Crippen LogP contribution in [0.4, 0.5) is 0 Å². The standard InChI is InChI=1S/C10H17NO5/c1-2-3-7(10(13)14)11-9(12)8-6-15-4-5-16-8/h7-8H,2-6H2,1H3,(H,11,12)(H,13,14)/t7-,8?/m1/s1. The summed E-state index contributed by atoms with van der Waals surface area (Å²) in [6, 6.07) is -0.844. The highest BCUT2D eigenvalue weighted by atomic mass is 16.6. The summed E-state index contributed by atoms with van der Waals surface area (Å²) in [5.41, 5.74) is 0. The first kappa shape index (κ1) is 12.9. The number of carboxylic acid groups (broad SMARTS) is 1. The molecule has 1 unspecified atom stereocenters. The molecule has 2 atom stereocenters. The number of hydrogen-bond donors (Lipinski definition) is 2. The minimum absolute atomic E-state index is 0.185. The normalized spacial score (nSPS) is 22.4. The molecule has 92 valence electrons. The van der Waals surface area contributed by atoms with Gasteiger partial charge in [0, 0.05) is 0 Å². The lowest BCUT2D eigenvalue weighted by Crippen LogP contribution is -2.49. The Morgan fingerprint density at radius 1 is 1.50 bits per heavy atom. The molecule has 2 N–H and O–H groups in total. The predicted octanol–water partition coefficient (Wildman–Crippen LogP) is -0.229. The number of amides is 1. The average Bonchev–Trinajstić information content (AvgIpc) is 2.29. The summed E-state index contributed by atoms with van der Waals surface area (Å²) in [5.74, 6) is -1.44. The molecule has 16 heavy (non-hydrogen) atoms. The van der Waals surface area contributed by atoms with Crippen molar-refractivity contribution in [1.29, 1.82) is 0 Å². The number of nitrogens with one attached hydrogen (secondary N) is 1. The van der Waals surface area contributed by atoms with Gasteiger partial charge in [-0.25, -0.2) is 4.79 Å². The maximum atomic E-state index is 11.6. The van der Waals surface area contributed by atoms with Crippen LogP contribution in [0.2, 0.25) is 0 Å². The van der Waals surface area contributed by atoms with Gasteiger partial charge in [0.25, 0.3) is 5.91 Å². The van der Waals surface area contributed by atoms with E-state index in [0.29, 0.717) is 26.1 Å². The summed E-state index contributed by atoms with van der Waals surface area (Å²) in [6.45, 7) is 2.89. The zero-order chi connectivity index (χ0) is 12.0. The van der Waals surface area contributed by atoms with E-state index in [2.05, 4.69) is 5.32 Å². The minimum atomic E-state index is -1.02. The van der Waals surface area contributed by atoms with Crippen LogP contribution in [-0.4, -0.2) is 48.9 Å². The molecule has 0 radical (unpaired) electrons. The second-order valence-electron chi connectivity index (χ2n) is 3.62. The molecule has 0 saturated carbocycles. The molecule has 1 aliphatic heterocycles. The largest absolute Gasteiger partial charge is 0.480 e. The Bertz CT molecular complexity index is 250. The maximum absolute atomic E-state index is 11.6. The topological polar surface area (TPSA) is 84.9 Å². The monoisotopic (exact) mass is 231 g/mol. The van der Waals surface area contributed by atoms with Crippen LogP contribution in [0.1, 0.15) is 19.8 Å². The van der Waals surface area contributed by atoms with Gasteiger partial charge in [-0.1, -0.05) is 13.3 Å². The van der Waals surface area contributed by atoms with Gasteiger partial charge in [0.15, 0.2) is 6.10 Å². The van der Waals surface area contributed by atoms with Crippen LogP contribution in [0.15, 0.2) is 0 Å². The van der Waals surface area contributed by atoms with E-state index in [9.17, 15) is 9.59 Å². The fraction of sp³-hybridized carbons (Fsp3) is 0.800. The third kappa shape index (κ3) is 3.79. The third-order valence-electron chi connectivity index (χ3n) is 2.30. The number of hydrogen-bond acceptors (Lipinski definition) is 4. The molecule has 1 saturated heterocycles. The fourth-order valence-electron chi connectivity index (χ4n) is 1.45. The van der Waals surface area contributed by atoms with Crippen LogP contribution in [0.5, 0.6) is 0 Å². The van der Waals surface area contributed by atoms with Gasteiger partial charge in [0.1, 0.15) is 6.04 Å². The second kappa shape index (κ2) is 6.44. The molecule has 0 aromatic heterocycles. The summed E-state index contributed by atoms with van der Waals surface area (Å²) >= 11 is 0. The Balaban J connectivity index is 2.43. The summed E-state index contributed by atoms with van der Waals surface area (Å²) in [6.07, 6.45) is 0.418. The van der Waals surface area contributed by atoms with Crippen molar-refractivity contribution < 1.29 is 24.2 Å². The van der Waals surface area contributed by atoms with Crippen LogP contribution in [0, 0.1) is 0 Å². The van der Waals surface area contributed by atoms with Crippen molar-refractivity contribution in [2.24, 2.45) is 0 Å². The van der Waals surface area contributed by atoms with Gasteiger partial charge in [0.05, 0.1) is 19.8 Å². The summed E-state index contributed by atoms with van der Waals surface area (Å²) < 4.78 is 10.2. The van der Waals surface area contributed by atoms with Crippen molar-refractivity contribution in [3.8, 4) is 0 Å². The first-order valence-electron chi connectivity index (χ1n) is 5.37. The van der Waals surface area contributed by atoms with Crippen molar-refractivity contribution in [2.75, 3.05) is 19.8 Å². The molecule has 0 bridgehead atoms. The SMILES string of the molecule is CCC[C@@H](NC(=O)C1COCCO1)C(=O)O. The van der Waals surface area contributed by atoms with E-state index in [1.807, 2.05) is 6.92 Å². The molecule has 0 spiro atoms. The molecule has 1 fully saturated rings. The van der Waals surface area contributed by atoms with Crippen LogP contribution >= 0.6 is 0 Å². The molecule has 1 rings (SSSR count). The Hall–Kier alpha value is -1.14. The summed E-state index contributed by atoms with van der Waals surface area (Å²) in [7, 11) is 0. The Morgan fingerprint density at radius 2 is 2.25 bits per heavy atom. The Kier molecular flexibility index (Phi) is 5.21. The lowest BCUT2D eigenvalue weighted by molar-refractivity contribution is -0.152. The van der Waals surface area contributed by atoms with Gasteiger partial charge in [-0.3, -0.25) is 4.79 Å². The number of ether oxygens (including phenoxy) is 2. The van der Waals surface area contributed by atoms with Crippen LogP contribution in [-0.2, 0) is 19.1 Å². The van der Waals surface area contributed by atoms with E-state index in [1.54, 1.807) is 0 Å². The molecule has 0 aliphatic carbocycles. The number of rotatable bonds is 5. The van der Waals surface area contributed by atoms with Gasteiger partial charge in [-0.05, 0) is 6.42 Å². The molecule has 0 aromatic rings. The van der Waals surface area contributed by atoms with Crippen molar-refractivity contribution in [3.63, 3.8) is 0 Å². The molecule has 1 amide bonds. The number of carboxylic acids is 1. The van der Waals surface area contributed by atoms with Crippen LogP contribution < -0.4 is 5.32 Å². The highest BCUT2D eigenvalue weighted by Crippen LogP contribution is 2.03. The van der Waals surface area contributed by atoms with Gasteiger partial charge >= 0.3 is 5.97 Å². The van der Waals surface area contributed by atoms with Gasteiger partial charge < -0.3 is 19.9 Å². The summed E-state index contributed by atoms with van der Waals surface area (Å²) in [5, 5.41) is 11.3. The van der Waals surface area contributed by atoms with E-state index in [4.69, 9.17) is 14.6 Å². The molecule has 1 aliphatic rings. The Morgan fingerprint density at radius 3 is 2.75 bits per heavy atom. The van der Waals surface area contributed by atoms with E-state index in [0.717, 1.165) is 0 Å². The second-order valence-corrected chi connectivity index (χ2v) is 3.62. The maximum Gasteiger partial charge on any atom is 0.326 e. The van der Waals surface area contributed by atoms with Crippen molar-refractivity contribution in [1.82, 2.24) is 5.32 Å². The fourth-order valence-corrected chi connectivity index (χ4v) is 1.45. The minimum Gasteiger partial charge on any atom is -0.480 e. The lowest BCUT2D eigenvalue weighted by atomic mass is 10.1. The predicted molar refractivity (Wildman–Crippen MR) is 55.0 cm³/mol. The van der Waals surface area contributed by atoms with Crippen LogP contribution in [0.25, 0.3) is 0 Å². The highest BCUT2D eigenvalue weighted by molar-refractivity contribution is 5.86. The third-order valence-corrected chi connectivity index (χ3v) is 2.30. The van der Waals surface area contributed by atoms with Gasteiger partial charge in [-0.15, -0.1) is 0 Å². The average molecular weight is 231 g/mol. The van der Waals surface area contributed by atoms with Gasteiger partial charge in [-0.2, -0.15) is 0 Å². The molecule has 0 aromatic carbocycles. The lowest BCUT2D eigenvalue weighted by Gasteiger charge is -2.23. The zero-order valence-electron chi connectivity index (χ0n) is 9.27. The quantitative estimate of drug-likeness (QED) is 0.682. The number of carbonyl (C=O) groups excluding carboxylic acids is 1. The smallest absolute Gasteiger partial charge is 0.326 e. The molecule has 6 nitrogen and oxygen atoms in total. The van der Waals surface area contributed by atoms with Gasteiger partial charge in [0.2, 0.25) is 0 Å². The van der Waals surface area contributed by atoms with Crippen LogP contribution in [0.3, 0.4) is 0 Å². The Labute approximate surface area is 93.9 Å². The highest BCUT2D eigenvalue weighted by Gasteiger charge is 2.27. The molecule has 1 heterocycles. The van der Waals surface area contributed by atoms with Crippen molar-refractivity contribution in [2.45, 2.75) is 31.9 Å². The molecular weight excluding hydrogens is 214 g/mol. The molecular formula is C10H17NO5.